The van der Waals surface area contributed by atoms with Crippen molar-refractivity contribution >= 4 is 5.91 Å². The Morgan fingerprint density at radius 2 is 2.28 bits per heavy atom. The van der Waals surface area contributed by atoms with Gasteiger partial charge in [-0.3, -0.25) is 4.79 Å². The lowest BCUT2D eigenvalue weighted by Crippen LogP contribution is -2.30. The molecule has 3 N–H and O–H groups in total. The molecule has 0 aliphatic heterocycles. The lowest BCUT2D eigenvalue weighted by Gasteiger charge is -2.11. The van der Waals surface area contributed by atoms with Crippen LogP contribution in [0.1, 0.15) is 24.0 Å². The summed E-state index contributed by atoms with van der Waals surface area (Å²) >= 11 is 0. The van der Waals surface area contributed by atoms with Gasteiger partial charge in [-0.05, 0) is 44.4 Å². The van der Waals surface area contributed by atoms with E-state index in [-0.39, 0.29) is 12.5 Å². The Kier molecular flexibility index (Phi) is 4.20. The second-order valence-electron chi connectivity index (χ2n) is 4.78. The first-order valence-electron chi connectivity index (χ1n) is 6.41. The van der Waals surface area contributed by atoms with Crippen LogP contribution in [0.2, 0.25) is 0 Å². The maximum atomic E-state index is 11.5. The predicted molar refractivity (Wildman–Crippen MR) is 70.6 cm³/mol. The van der Waals surface area contributed by atoms with Crippen LogP contribution in [0, 0.1) is 6.92 Å². The number of nitrogens with two attached hydrogens (primary N) is 1. The minimum Gasteiger partial charge on any atom is -0.483 e. The number of carbonyl (C=O) groups is 1. The average Bonchev–Trinajstić information content (AvgIpc) is 3.12. The number of benzene rings is 1. The molecule has 0 bridgehead atoms. The van der Waals surface area contributed by atoms with E-state index < -0.39 is 0 Å². The fraction of sp³-hybridized carbons (Fsp3) is 0.500. The van der Waals surface area contributed by atoms with E-state index in [4.69, 9.17) is 10.5 Å². The zero-order chi connectivity index (χ0) is 13.0. The third-order valence-electron chi connectivity index (χ3n) is 2.93. The number of rotatable bonds is 6. The van der Waals surface area contributed by atoms with Crippen LogP contribution in [0.15, 0.2) is 18.2 Å². The molecule has 1 aromatic rings. The maximum Gasteiger partial charge on any atom is 0.258 e. The number of nitrogens with one attached hydrogen (secondary N) is 1. The Balaban J connectivity index is 1.92. The number of aryl methyl sites for hydroxylation is 1. The highest BCUT2D eigenvalue weighted by Gasteiger charge is 2.23. The van der Waals surface area contributed by atoms with Gasteiger partial charge in [-0.1, -0.05) is 17.7 Å². The molecule has 1 saturated carbocycles. The standard InChI is InChI=1S/C14H20N2O2/c1-10-2-5-13(11(8-10)6-7-15)18-9-14(17)16-12-3-4-12/h2,5,8,12H,3-4,6-7,9,15H2,1H3,(H,16,17). The Morgan fingerprint density at radius 3 is 2.94 bits per heavy atom. The number of ether oxygens (including phenoxy) is 1. The molecule has 1 fully saturated rings. The van der Waals surface area contributed by atoms with E-state index in [2.05, 4.69) is 11.4 Å². The third-order valence-corrected chi connectivity index (χ3v) is 2.93. The minimum absolute atomic E-state index is 0.0447. The molecule has 1 aliphatic rings. The summed E-state index contributed by atoms with van der Waals surface area (Å²) in [5.41, 5.74) is 7.82. The van der Waals surface area contributed by atoms with Crippen LogP contribution < -0.4 is 15.8 Å². The van der Waals surface area contributed by atoms with Gasteiger partial charge in [0.1, 0.15) is 5.75 Å². The highest BCUT2D eigenvalue weighted by Crippen LogP contribution is 2.21. The van der Waals surface area contributed by atoms with Crippen molar-refractivity contribution in [1.29, 1.82) is 0 Å². The largest absolute Gasteiger partial charge is 0.483 e. The molecule has 98 valence electrons. The normalized spacial score (nSPS) is 14.3. The van der Waals surface area contributed by atoms with E-state index in [1.165, 1.54) is 5.56 Å². The highest BCUT2D eigenvalue weighted by atomic mass is 16.5. The number of carbonyl (C=O) groups excluding carboxylic acids is 1. The van der Waals surface area contributed by atoms with Crippen molar-refractivity contribution < 1.29 is 9.53 Å². The van der Waals surface area contributed by atoms with Crippen molar-refractivity contribution in [2.24, 2.45) is 5.73 Å². The SMILES string of the molecule is Cc1ccc(OCC(=O)NC2CC2)c(CCN)c1. The van der Waals surface area contributed by atoms with Crippen molar-refractivity contribution in [2.75, 3.05) is 13.2 Å². The minimum atomic E-state index is -0.0447. The molecule has 0 heterocycles. The topological polar surface area (TPSA) is 64.3 Å². The first kappa shape index (κ1) is 12.9. The second kappa shape index (κ2) is 5.87. The van der Waals surface area contributed by atoms with E-state index in [0.717, 1.165) is 30.6 Å². The lowest BCUT2D eigenvalue weighted by molar-refractivity contribution is -0.123. The molecule has 4 heteroatoms. The van der Waals surface area contributed by atoms with Gasteiger partial charge in [-0.15, -0.1) is 0 Å². The summed E-state index contributed by atoms with van der Waals surface area (Å²) in [5, 5.41) is 2.90. The molecule has 2 rings (SSSR count). The summed E-state index contributed by atoms with van der Waals surface area (Å²) in [7, 11) is 0. The molecule has 0 spiro atoms. The van der Waals surface area contributed by atoms with Crippen molar-refractivity contribution in [3.05, 3.63) is 29.3 Å². The van der Waals surface area contributed by atoms with Gasteiger partial charge in [0.05, 0.1) is 0 Å². The zero-order valence-electron chi connectivity index (χ0n) is 10.7. The van der Waals surface area contributed by atoms with Gasteiger partial charge in [-0.25, -0.2) is 0 Å². The summed E-state index contributed by atoms with van der Waals surface area (Å²) < 4.78 is 5.57. The fourth-order valence-electron chi connectivity index (χ4n) is 1.84. The average molecular weight is 248 g/mol. The quantitative estimate of drug-likeness (QED) is 0.794. The van der Waals surface area contributed by atoms with Crippen molar-refractivity contribution in [2.45, 2.75) is 32.2 Å². The van der Waals surface area contributed by atoms with Crippen LogP contribution in [-0.4, -0.2) is 25.1 Å². The Morgan fingerprint density at radius 1 is 1.50 bits per heavy atom. The molecule has 0 unspecified atom stereocenters. The second-order valence-corrected chi connectivity index (χ2v) is 4.78. The van der Waals surface area contributed by atoms with Crippen LogP contribution in [0.3, 0.4) is 0 Å². The summed E-state index contributed by atoms with van der Waals surface area (Å²) in [5.74, 6) is 0.716. The summed E-state index contributed by atoms with van der Waals surface area (Å²) in [4.78, 5) is 11.5. The molecule has 0 atom stereocenters. The highest BCUT2D eigenvalue weighted by molar-refractivity contribution is 5.78. The van der Waals surface area contributed by atoms with Crippen LogP contribution >= 0.6 is 0 Å². The van der Waals surface area contributed by atoms with Crippen molar-refractivity contribution in [1.82, 2.24) is 5.32 Å². The lowest BCUT2D eigenvalue weighted by atomic mass is 10.1. The maximum absolute atomic E-state index is 11.5. The predicted octanol–water partition coefficient (Wildman–Crippen LogP) is 1.15. The number of hydrogen-bond donors (Lipinski definition) is 2. The van der Waals surface area contributed by atoms with E-state index in [1.54, 1.807) is 0 Å². The van der Waals surface area contributed by atoms with Crippen molar-refractivity contribution in [3.8, 4) is 5.75 Å². The van der Waals surface area contributed by atoms with E-state index in [0.29, 0.717) is 12.6 Å². The van der Waals surface area contributed by atoms with Gasteiger partial charge in [0.25, 0.3) is 5.91 Å². The van der Waals surface area contributed by atoms with Gasteiger partial charge in [0.2, 0.25) is 0 Å². The van der Waals surface area contributed by atoms with Crippen LogP contribution in [0.4, 0.5) is 0 Å². The molecular formula is C14H20N2O2. The summed E-state index contributed by atoms with van der Waals surface area (Å²) in [6.07, 6.45) is 2.95. The molecular weight excluding hydrogens is 228 g/mol. The van der Waals surface area contributed by atoms with E-state index >= 15 is 0 Å². The van der Waals surface area contributed by atoms with Crippen LogP contribution in [-0.2, 0) is 11.2 Å². The molecule has 0 radical (unpaired) electrons. The fourth-order valence-corrected chi connectivity index (χ4v) is 1.84. The van der Waals surface area contributed by atoms with Gasteiger partial charge in [-0.2, -0.15) is 0 Å². The first-order valence-corrected chi connectivity index (χ1v) is 6.41. The summed E-state index contributed by atoms with van der Waals surface area (Å²) in [6, 6.07) is 6.32. The van der Waals surface area contributed by atoms with Crippen molar-refractivity contribution in [3.63, 3.8) is 0 Å². The number of hydrogen-bond acceptors (Lipinski definition) is 3. The van der Waals surface area contributed by atoms with E-state index in [1.807, 2.05) is 19.1 Å². The monoisotopic (exact) mass is 248 g/mol. The first-order chi connectivity index (χ1) is 8.69. The molecule has 4 nitrogen and oxygen atoms in total. The Bertz CT molecular complexity index is 428. The molecule has 0 saturated heterocycles. The molecule has 1 aliphatic carbocycles. The Labute approximate surface area is 108 Å². The van der Waals surface area contributed by atoms with Gasteiger partial charge >= 0.3 is 0 Å². The zero-order valence-corrected chi connectivity index (χ0v) is 10.7. The number of amides is 1. The Hall–Kier alpha value is -1.55. The molecule has 0 aromatic heterocycles. The smallest absolute Gasteiger partial charge is 0.258 e. The van der Waals surface area contributed by atoms with Gasteiger partial charge in [0, 0.05) is 6.04 Å². The van der Waals surface area contributed by atoms with Crippen LogP contribution in [0.5, 0.6) is 5.75 Å². The molecule has 1 amide bonds. The van der Waals surface area contributed by atoms with E-state index in [9.17, 15) is 4.79 Å². The molecule has 18 heavy (non-hydrogen) atoms. The van der Waals surface area contributed by atoms with Crippen LogP contribution in [0.25, 0.3) is 0 Å². The summed E-state index contributed by atoms with van der Waals surface area (Å²) in [6.45, 7) is 2.69. The third kappa shape index (κ3) is 3.74. The molecule has 1 aromatic carbocycles. The van der Waals surface area contributed by atoms with Gasteiger partial charge < -0.3 is 15.8 Å². The van der Waals surface area contributed by atoms with Gasteiger partial charge in [0.15, 0.2) is 6.61 Å².